The van der Waals surface area contributed by atoms with Gasteiger partial charge in [-0.3, -0.25) is 4.79 Å². The Morgan fingerprint density at radius 3 is 2.62 bits per heavy atom. The van der Waals surface area contributed by atoms with Crippen molar-refractivity contribution in [3.63, 3.8) is 0 Å². The standard InChI is InChI=1S/C11H16ClNOSSi/c1-5-6-13-11(14)10-8(16(2,3)4)7-9(12)15-10/h5-7H,1-4H3,(H,13,14)/b6-5-. The summed E-state index contributed by atoms with van der Waals surface area (Å²) in [6.45, 7) is 8.48. The van der Waals surface area contributed by atoms with Crippen molar-refractivity contribution in [1.82, 2.24) is 5.32 Å². The highest BCUT2D eigenvalue weighted by atomic mass is 35.5. The van der Waals surface area contributed by atoms with Crippen molar-refractivity contribution in [2.24, 2.45) is 0 Å². The summed E-state index contributed by atoms with van der Waals surface area (Å²) in [4.78, 5) is 12.6. The predicted molar refractivity (Wildman–Crippen MR) is 74.6 cm³/mol. The molecule has 1 heterocycles. The Kier molecular flexibility index (Phi) is 4.35. The minimum Gasteiger partial charge on any atom is -0.328 e. The molecule has 0 fully saturated rings. The summed E-state index contributed by atoms with van der Waals surface area (Å²) in [5, 5.41) is 3.86. The van der Waals surface area contributed by atoms with Crippen LogP contribution in [0, 0.1) is 0 Å². The molecule has 5 heteroatoms. The first-order chi connectivity index (χ1) is 7.36. The fraction of sp³-hybridized carbons (Fsp3) is 0.364. The molecule has 16 heavy (non-hydrogen) atoms. The molecule has 0 spiro atoms. The van der Waals surface area contributed by atoms with Crippen molar-refractivity contribution < 1.29 is 4.79 Å². The number of hydrogen-bond acceptors (Lipinski definition) is 2. The maximum Gasteiger partial charge on any atom is 0.265 e. The number of hydrogen-bond donors (Lipinski definition) is 1. The molecule has 88 valence electrons. The van der Waals surface area contributed by atoms with Crippen LogP contribution in [0.1, 0.15) is 16.6 Å². The van der Waals surface area contributed by atoms with Gasteiger partial charge in [0, 0.05) is 0 Å². The molecular weight excluding hydrogens is 258 g/mol. The topological polar surface area (TPSA) is 29.1 Å². The summed E-state index contributed by atoms with van der Waals surface area (Å²) in [5.41, 5.74) is 0. The summed E-state index contributed by atoms with van der Waals surface area (Å²) >= 11 is 7.35. The molecule has 0 saturated heterocycles. The molecule has 0 aliphatic heterocycles. The molecule has 0 aromatic carbocycles. The van der Waals surface area contributed by atoms with Crippen molar-refractivity contribution in [3.05, 3.63) is 27.6 Å². The van der Waals surface area contributed by atoms with Gasteiger partial charge in [-0.1, -0.05) is 37.3 Å². The fourth-order valence-corrected chi connectivity index (χ4v) is 4.98. The van der Waals surface area contributed by atoms with Crippen LogP contribution in [-0.2, 0) is 0 Å². The zero-order chi connectivity index (χ0) is 12.3. The van der Waals surface area contributed by atoms with Crippen LogP contribution in [0.5, 0.6) is 0 Å². The fourth-order valence-electron chi connectivity index (χ4n) is 1.31. The van der Waals surface area contributed by atoms with E-state index in [1.807, 2.05) is 13.0 Å². The summed E-state index contributed by atoms with van der Waals surface area (Å²) in [7, 11) is -1.52. The Morgan fingerprint density at radius 2 is 2.12 bits per heavy atom. The minimum absolute atomic E-state index is 0.0626. The average Bonchev–Trinajstić information content (AvgIpc) is 2.56. The van der Waals surface area contributed by atoms with Gasteiger partial charge in [0.15, 0.2) is 0 Å². The van der Waals surface area contributed by atoms with Gasteiger partial charge in [-0.15, -0.1) is 11.3 Å². The molecule has 0 bridgehead atoms. The second kappa shape index (κ2) is 5.16. The number of carbonyl (C=O) groups excluding carboxylic acids is 1. The highest BCUT2D eigenvalue weighted by Gasteiger charge is 2.25. The molecule has 0 aliphatic carbocycles. The van der Waals surface area contributed by atoms with Crippen LogP contribution in [0.3, 0.4) is 0 Å². The monoisotopic (exact) mass is 273 g/mol. The van der Waals surface area contributed by atoms with Gasteiger partial charge in [0.05, 0.1) is 17.3 Å². The van der Waals surface area contributed by atoms with E-state index in [0.717, 1.165) is 10.1 Å². The molecule has 0 radical (unpaired) electrons. The van der Waals surface area contributed by atoms with E-state index < -0.39 is 8.07 Å². The second-order valence-corrected chi connectivity index (χ2v) is 11.2. The van der Waals surface area contributed by atoms with E-state index >= 15 is 0 Å². The van der Waals surface area contributed by atoms with Crippen molar-refractivity contribution in [1.29, 1.82) is 0 Å². The number of rotatable bonds is 3. The molecule has 1 aromatic heterocycles. The van der Waals surface area contributed by atoms with Gasteiger partial charge in [0.25, 0.3) is 5.91 Å². The Balaban J connectivity index is 3.08. The SMILES string of the molecule is C/C=C\NC(=O)c1sc(Cl)cc1[Si](C)(C)C. The van der Waals surface area contributed by atoms with E-state index in [0.29, 0.717) is 4.34 Å². The molecule has 1 amide bonds. The Labute approximate surface area is 106 Å². The van der Waals surface area contributed by atoms with E-state index in [4.69, 9.17) is 11.6 Å². The lowest BCUT2D eigenvalue weighted by molar-refractivity contribution is 0.0975. The smallest absolute Gasteiger partial charge is 0.265 e. The second-order valence-electron chi connectivity index (χ2n) is 4.52. The molecule has 0 atom stereocenters. The minimum atomic E-state index is -1.52. The van der Waals surface area contributed by atoms with Crippen molar-refractivity contribution in [2.75, 3.05) is 0 Å². The van der Waals surface area contributed by atoms with Gasteiger partial charge in [0.1, 0.15) is 0 Å². The number of carbonyl (C=O) groups is 1. The Hall–Kier alpha value is -0.583. The lowest BCUT2D eigenvalue weighted by Gasteiger charge is -2.16. The van der Waals surface area contributed by atoms with E-state index in [1.165, 1.54) is 11.3 Å². The van der Waals surface area contributed by atoms with Crippen LogP contribution in [0.15, 0.2) is 18.3 Å². The number of halogens is 1. The number of allylic oxidation sites excluding steroid dienone is 1. The molecule has 1 aromatic rings. The molecule has 0 unspecified atom stereocenters. The summed E-state index contributed by atoms with van der Waals surface area (Å²) in [6.07, 6.45) is 3.44. The van der Waals surface area contributed by atoms with E-state index in [-0.39, 0.29) is 5.91 Å². The van der Waals surface area contributed by atoms with Crippen LogP contribution in [0.2, 0.25) is 24.0 Å². The van der Waals surface area contributed by atoms with Gasteiger partial charge in [-0.2, -0.15) is 0 Å². The first kappa shape index (κ1) is 13.5. The van der Waals surface area contributed by atoms with E-state index in [1.54, 1.807) is 12.3 Å². The molecule has 0 saturated carbocycles. The molecule has 1 rings (SSSR count). The van der Waals surface area contributed by atoms with E-state index in [9.17, 15) is 4.79 Å². The Bertz CT molecular complexity index is 420. The zero-order valence-electron chi connectivity index (χ0n) is 9.93. The summed E-state index contributed by atoms with van der Waals surface area (Å²) in [6, 6.07) is 1.93. The summed E-state index contributed by atoms with van der Waals surface area (Å²) in [5.74, 6) is -0.0626. The molecule has 0 aliphatic rings. The van der Waals surface area contributed by atoms with Crippen LogP contribution < -0.4 is 10.5 Å². The third kappa shape index (κ3) is 3.20. The number of nitrogens with one attached hydrogen (secondary N) is 1. The first-order valence-corrected chi connectivity index (χ1v) is 9.77. The van der Waals surface area contributed by atoms with Crippen molar-refractivity contribution in [2.45, 2.75) is 26.6 Å². The van der Waals surface area contributed by atoms with Crippen LogP contribution >= 0.6 is 22.9 Å². The van der Waals surface area contributed by atoms with E-state index in [2.05, 4.69) is 25.0 Å². The van der Waals surface area contributed by atoms with Crippen molar-refractivity contribution >= 4 is 42.1 Å². The molecular formula is C11H16ClNOSSi. The van der Waals surface area contributed by atoms with Gasteiger partial charge in [-0.25, -0.2) is 0 Å². The number of amides is 1. The quantitative estimate of drug-likeness (QED) is 0.842. The highest BCUT2D eigenvalue weighted by molar-refractivity contribution is 7.20. The van der Waals surface area contributed by atoms with Gasteiger partial charge in [0.2, 0.25) is 0 Å². The lowest BCUT2D eigenvalue weighted by atomic mass is 10.4. The normalized spacial score (nSPS) is 12.1. The maximum atomic E-state index is 11.9. The van der Waals surface area contributed by atoms with Gasteiger partial charge >= 0.3 is 0 Å². The van der Waals surface area contributed by atoms with Gasteiger partial charge in [-0.05, 0) is 24.4 Å². The van der Waals surface area contributed by atoms with Crippen LogP contribution in [0.25, 0.3) is 0 Å². The van der Waals surface area contributed by atoms with Crippen LogP contribution in [-0.4, -0.2) is 14.0 Å². The summed E-state index contributed by atoms with van der Waals surface area (Å²) < 4.78 is 0.683. The highest BCUT2D eigenvalue weighted by Crippen LogP contribution is 2.23. The largest absolute Gasteiger partial charge is 0.328 e. The van der Waals surface area contributed by atoms with Crippen molar-refractivity contribution in [3.8, 4) is 0 Å². The molecule has 2 nitrogen and oxygen atoms in total. The number of thiophene rings is 1. The van der Waals surface area contributed by atoms with Crippen LogP contribution in [0.4, 0.5) is 0 Å². The maximum absolute atomic E-state index is 11.9. The zero-order valence-corrected chi connectivity index (χ0v) is 12.5. The third-order valence-electron chi connectivity index (χ3n) is 2.10. The average molecular weight is 274 g/mol. The predicted octanol–water partition coefficient (Wildman–Crippen LogP) is 3.21. The third-order valence-corrected chi connectivity index (χ3v) is 5.55. The van der Waals surface area contributed by atoms with Gasteiger partial charge < -0.3 is 5.32 Å². The lowest BCUT2D eigenvalue weighted by Crippen LogP contribution is -2.41. The Morgan fingerprint density at radius 1 is 1.50 bits per heavy atom. The first-order valence-electron chi connectivity index (χ1n) is 5.08. The molecule has 1 N–H and O–H groups in total.